The topological polar surface area (TPSA) is 34.4 Å². The molecule has 0 aromatic carbocycles. The van der Waals surface area contributed by atoms with Gasteiger partial charge in [-0.1, -0.05) is 19.8 Å². The molecule has 2 fully saturated rings. The fraction of sp³-hybridized carbons (Fsp3) is 0.750. The van der Waals surface area contributed by atoms with Gasteiger partial charge in [-0.15, -0.1) is 0 Å². The third kappa shape index (κ3) is 2.72. The number of nitrogens with zero attached hydrogens (tertiary/aromatic N) is 1. The van der Waals surface area contributed by atoms with Crippen LogP contribution >= 0.6 is 0 Å². The van der Waals surface area contributed by atoms with Crippen molar-refractivity contribution in [3.05, 3.63) is 24.0 Å². The van der Waals surface area contributed by atoms with Crippen LogP contribution in [0.25, 0.3) is 0 Å². The van der Waals surface area contributed by atoms with Crippen molar-refractivity contribution < 1.29 is 9.84 Å². The summed E-state index contributed by atoms with van der Waals surface area (Å²) < 4.78 is 8.50. The first-order valence-corrected chi connectivity index (χ1v) is 7.72. The molecule has 19 heavy (non-hydrogen) atoms. The van der Waals surface area contributed by atoms with Crippen molar-refractivity contribution in [1.29, 1.82) is 0 Å². The van der Waals surface area contributed by atoms with Gasteiger partial charge in [0.1, 0.15) is 0 Å². The molecule has 2 atom stereocenters. The average molecular weight is 263 g/mol. The lowest BCUT2D eigenvalue weighted by molar-refractivity contribution is -0.0418. The zero-order chi connectivity index (χ0) is 13.3. The summed E-state index contributed by atoms with van der Waals surface area (Å²) in [6.07, 6.45) is 12.6. The highest BCUT2D eigenvalue weighted by atomic mass is 16.5. The quantitative estimate of drug-likeness (QED) is 0.903. The van der Waals surface area contributed by atoms with Crippen LogP contribution in [-0.4, -0.2) is 21.4 Å². The lowest BCUT2D eigenvalue weighted by Crippen LogP contribution is -2.26. The number of hydrogen-bond donors (Lipinski definition) is 1. The minimum absolute atomic E-state index is 0.226. The number of ether oxygens (including phenoxy) is 1. The zero-order valence-electron chi connectivity index (χ0n) is 11.8. The number of aliphatic hydroxyl groups is 1. The molecule has 1 N–H and O–H groups in total. The van der Waals surface area contributed by atoms with Gasteiger partial charge in [-0.2, -0.15) is 0 Å². The van der Waals surface area contributed by atoms with Crippen molar-refractivity contribution in [3.8, 4) is 0 Å². The highest BCUT2D eigenvalue weighted by molar-refractivity contribution is 5.13. The van der Waals surface area contributed by atoms with E-state index in [9.17, 15) is 5.11 Å². The Morgan fingerprint density at radius 1 is 1.42 bits per heavy atom. The van der Waals surface area contributed by atoms with E-state index >= 15 is 0 Å². The van der Waals surface area contributed by atoms with Crippen molar-refractivity contribution in [1.82, 2.24) is 4.57 Å². The molecule has 1 aliphatic heterocycles. The molecular formula is C16H25NO2. The molecular weight excluding hydrogens is 238 g/mol. The van der Waals surface area contributed by atoms with Crippen LogP contribution in [0.15, 0.2) is 18.5 Å². The maximum Gasteiger partial charge on any atom is 0.0802 e. The maximum absolute atomic E-state index is 9.83. The molecule has 1 aliphatic carbocycles. The van der Waals surface area contributed by atoms with Crippen LogP contribution in [0.1, 0.15) is 63.5 Å². The Kier molecular flexibility index (Phi) is 3.68. The summed E-state index contributed by atoms with van der Waals surface area (Å²) in [4.78, 5) is 0. The number of aliphatic hydroxyl groups excluding tert-OH is 1. The molecule has 1 aromatic rings. The molecule has 1 saturated heterocycles. The molecule has 1 saturated carbocycles. The Labute approximate surface area is 115 Å². The molecule has 106 valence electrons. The zero-order valence-corrected chi connectivity index (χ0v) is 11.8. The predicted octanol–water partition coefficient (Wildman–Crippen LogP) is 3.42. The van der Waals surface area contributed by atoms with Crippen molar-refractivity contribution in [2.24, 2.45) is 0 Å². The third-order valence-electron chi connectivity index (χ3n) is 4.81. The fourth-order valence-electron chi connectivity index (χ4n) is 3.65. The molecule has 0 amide bonds. The smallest absolute Gasteiger partial charge is 0.0802 e. The van der Waals surface area contributed by atoms with Gasteiger partial charge in [-0.3, -0.25) is 0 Å². The van der Waals surface area contributed by atoms with Crippen LogP contribution in [0.5, 0.6) is 0 Å². The van der Waals surface area contributed by atoms with E-state index in [-0.39, 0.29) is 11.7 Å². The van der Waals surface area contributed by atoms with E-state index < -0.39 is 0 Å². The molecule has 1 spiro atoms. The fourth-order valence-corrected chi connectivity index (χ4v) is 3.65. The van der Waals surface area contributed by atoms with Gasteiger partial charge in [0.2, 0.25) is 0 Å². The standard InChI is InChI=1S/C16H25NO2/c1-2-15(18)13-6-10-17(11-13)12-14-5-9-16(19-14)7-3-4-8-16/h6,10-11,14-15,18H,2-5,7-9,12H2,1H3. The highest BCUT2D eigenvalue weighted by Crippen LogP contribution is 2.43. The first-order chi connectivity index (χ1) is 9.21. The maximum atomic E-state index is 9.83. The second-order valence-electron chi connectivity index (χ2n) is 6.23. The SMILES string of the molecule is CCC(O)c1ccn(CC2CCC3(CCCC3)O2)c1. The third-order valence-corrected chi connectivity index (χ3v) is 4.81. The molecule has 2 heterocycles. The highest BCUT2D eigenvalue weighted by Gasteiger charge is 2.42. The molecule has 3 nitrogen and oxygen atoms in total. The summed E-state index contributed by atoms with van der Waals surface area (Å²) in [5.41, 5.74) is 1.25. The Morgan fingerprint density at radius 3 is 2.95 bits per heavy atom. The van der Waals surface area contributed by atoms with E-state index in [1.807, 2.05) is 13.0 Å². The van der Waals surface area contributed by atoms with Gasteiger partial charge in [0.15, 0.2) is 0 Å². The number of rotatable bonds is 4. The van der Waals surface area contributed by atoms with Crippen LogP contribution in [0.4, 0.5) is 0 Å². The largest absolute Gasteiger partial charge is 0.388 e. The van der Waals surface area contributed by atoms with Gasteiger partial charge in [-0.05, 0) is 43.7 Å². The monoisotopic (exact) mass is 263 g/mol. The van der Waals surface area contributed by atoms with Crippen LogP contribution in [0.2, 0.25) is 0 Å². The van der Waals surface area contributed by atoms with E-state index in [1.54, 1.807) is 0 Å². The number of hydrogen-bond acceptors (Lipinski definition) is 2. The van der Waals surface area contributed by atoms with Crippen molar-refractivity contribution in [2.45, 2.75) is 76.2 Å². The summed E-state index contributed by atoms with van der Waals surface area (Å²) in [5.74, 6) is 0. The van der Waals surface area contributed by atoms with Crippen molar-refractivity contribution in [3.63, 3.8) is 0 Å². The average Bonchev–Trinajstić information content (AvgIpc) is 3.13. The van der Waals surface area contributed by atoms with E-state index in [0.717, 1.165) is 18.5 Å². The number of aromatic nitrogens is 1. The summed E-state index contributed by atoms with van der Waals surface area (Å²) in [7, 11) is 0. The van der Waals surface area contributed by atoms with Crippen LogP contribution in [0, 0.1) is 0 Å². The van der Waals surface area contributed by atoms with Gasteiger partial charge in [0.25, 0.3) is 0 Å². The second-order valence-corrected chi connectivity index (χ2v) is 6.23. The van der Waals surface area contributed by atoms with Gasteiger partial charge in [0.05, 0.1) is 17.8 Å². The van der Waals surface area contributed by atoms with E-state index in [1.165, 1.54) is 38.5 Å². The second kappa shape index (κ2) is 5.29. The molecule has 2 unspecified atom stereocenters. The van der Waals surface area contributed by atoms with Crippen LogP contribution in [0.3, 0.4) is 0 Å². The molecule has 1 aromatic heterocycles. The van der Waals surface area contributed by atoms with E-state index in [0.29, 0.717) is 6.10 Å². The van der Waals surface area contributed by atoms with Crippen molar-refractivity contribution in [2.75, 3.05) is 0 Å². The minimum Gasteiger partial charge on any atom is -0.388 e. The van der Waals surface area contributed by atoms with Crippen molar-refractivity contribution >= 4 is 0 Å². The summed E-state index contributed by atoms with van der Waals surface area (Å²) in [5, 5.41) is 9.83. The lowest BCUT2D eigenvalue weighted by Gasteiger charge is -2.24. The van der Waals surface area contributed by atoms with Crippen LogP contribution < -0.4 is 0 Å². The first kappa shape index (κ1) is 13.2. The normalized spacial score (nSPS) is 27.2. The molecule has 3 rings (SSSR count). The summed E-state index contributed by atoms with van der Waals surface area (Å²) in [6, 6.07) is 2.02. The summed E-state index contributed by atoms with van der Waals surface area (Å²) >= 11 is 0. The van der Waals surface area contributed by atoms with Gasteiger partial charge < -0.3 is 14.4 Å². The van der Waals surface area contributed by atoms with Crippen LogP contribution in [-0.2, 0) is 11.3 Å². The molecule has 0 bridgehead atoms. The molecule has 2 aliphatic rings. The van der Waals surface area contributed by atoms with E-state index in [4.69, 9.17) is 4.74 Å². The van der Waals surface area contributed by atoms with E-state index in [2.05, 4.69) is 17.0 Å². The Morgan fingerprint density at radius 2 is 2.21 bits per heavy atom. The van der Waals surface area contributed by atoms with Gasteiger partial charge >= 0.3 is 0 Å². The first-order valence-electron chi connectivity index (χ1n) is 7.72. The Balaban J connectivity index is 1.58. The molecule has 0 radical (unpaired) electrons. The molecule has 3 heteroatoms. The Bertz CT molecular complexity index is 420. The lowest BCUT2D eigenvalue weighted by atomic mass is 9.98. The minimum atomic E-state index is -0.327. The summed E-state index contributed by atoms with van der Waals surface area (Å²) in [6.45, 7) is 2.93. The Hall–Kier alpha value is -0.800. The van der Waals surface area contributed by atoms with Gasteiger partial charge in [-0.25, -0.2) is 0 Å². The van der Waals surface area contributed by atoms with Gasteiger partial charge in [0, 0.05) is 18.9 Å². The predicted molar refractivity (Wildman–Crippen MR) is 75.0 cm³/mol.